The molecule has 4 heteroatoms. The molecule has 0 radical (unpaired) electrons. The van der Waals surface area contributed by atoms with E-state index in [1.165, 1.54) is 12.1 Å². The summed E-state index contributed by atoms with van der Waals surface area (Å²) in [5.74, 6) is -0.520. The van der Waals surface area contributed by atoms with E-state index in [4.69, 9.17) is 16.3 Å². The number of benzene rings is 1. The summed E-state index contributed by atoms with van der Waals surface area (Å²) in [6.45, 7) is 2.48. The minimum absolute atomic E-state index is 0.0386. The van der Waals surface area contributed by atoms with Crippen LogP contribution in [0, 0.1) is 11.7 Å². The van der Waals surface area contributed by atoms with Crippen molar-refractivity contribution < 1.29 is 13.9 Å². The average molecular weight is 257 g/mol. The highest BCUT2D eigenvalue weighted by Crippen LogP contribution is 2.31. The SMILES string of the molecule is CC1OCCC1C(=O)C(Cl)c1ccc(F)cc1. The topological polar surface area (TPSA) is 26.3 Å². The van der Waals surface area contributed by atoms with Gasteiger partial charge in [0.25, 0.3) is 0 Å². The number of ether oxygens (including phenoxy) is 1. The molecule has 0 aliphatic carbocycles. The number of halogens is 2. The van der Waals surface area contributed by atoms with Gasteiger partial charge in [0.05, 0.1) is 6.10 Å². The molecule has 0 saturated carbocycles. The van der Waals surface area contributed by atoms with Crippen molar-refractivity contribution in [3.63, 3.8) is 0 Å². The lowest BCUT2D eigenvalue weighted by Crippen LogP contribution is -2.24. The lowest BCUT2D eigenvalue weighted by Gasteiger charge is -2.16. The van der Waals surface area contributed by atoms with E-state index in [0.29, 0.717) is 18.6 Å². The minimum atomic E-state index is -0.718. The van der Waals surface area contributed by atoms with E-state index in [2.05, 4.69) is 0 Å². The highest BCUT2D eigenvalue weighted by Gasteiger charge is 2.34. The Kier molecular flexibility index (Phi) is 3.79. The van der Waals surface area contributed by atoms with Crippen LogP contribution in [-0.4, -0.2) is 18.5 Å². The van der Waals surface area contributed by atoms with Gasteiger partial charge in [0.1, 0.15) is 11.2 Å². The zero-order valence-corrected chi connectivity index (χ0v) is 10.3. The third kappa shape index (κ3) is 2.67. The molecule has 1 saturated heterocycles. The van der Waals surface area contributed by atoms with Gasteiger partial charge in [0.15, 0.2) is 5.78 Å². The Morgan fingerprint density at radius 1 is 1.47 bits per heavy atom. The molecule has 92 valence electrons. The third-order valence-corrected chi connectivity index (χ3v) is 3.62. The standard InChI is InChI=1S/C13H14ClFO2/c1-8-11(6-7-17-8)13(16)12(14)9-2-4-10(15)5-3-9/h2-5,8,11-12H,6-7H2,1H3. The first kappa shape index (κ1) is 12.5. The van der Waals surface area contributed by atoms with Crippen LogP contribution in [0.15, 0.2) is 24.3 Å². The highest BCUT2D eigenvalue weighted by molar-refractivity contribution is 6.31. The number of ketones is 1. The third-order valence-electron chi connectivity index (χ3n) is 3.15. The lowest BCUT2D eigenvalue weighted by molar-refractivity contribution is -0.123. The predicted molar refractivity (Wildman–Crippen MR) is 63.5 cm³/mol. The van der Waals surface area contributed by atoms with Gasteiger partial charge in [-0.1, -0.05) is 12.1 Å². The van der Waals surface area contributed by atoms with Gasteiger partial charge < -0.3 is 4.74 Å². The maximum absolute atomic E-state index is 12.8. The predicted octanol–water partition coefficient (Wildman–Crippen LogP) is 3.10. The normalized spacial score (nSPS) is 25.8. The molecule has 0 spiro atoms. The molecule has 1 fully saturated rings. The molecule has 1 aliphatic heterocycles. The summed E-state index contributed by atoms with van der Waals surface area (Å²) in [4.78, 5) is 12.1. The van der Waals surface area contributed by atoms with Gasteiger partial charge in [-0.3, -0.25) is 4.79 Å². The molecular formula is C13H14ClFO2. The first-order chi connectivity index (χ1) is 8.09. The molecule has 1 aromatic rings. The van der Waals surface area contributed by atoms with Crippen molar-refractivity contribution in [1.29, 1.82) is 0 Å². The van der Waals surface area contributed by atoms with E-state index in [1.54, 1.807) is 12.1 Å². The molecule has 17 heavy (non-hydrogen) atoms. The van der Waals surface area contributed by atoms with Crippen molar-refractivity contribution in [1.82, 2.24) is 0 Å². The number of hydrogen-bond donors (Lipinski definition) is 0. The summed E-state index contributed by atoms with van der Waals surface area (Å²) in [7, 11) is 0. The number of Topliss-reactive ketones (excluding diaryl/α,β-unsaturated/α-hetero) is 1. The smallest absolute Gasteiger partial charge is 0.160 e. The Morgan fingerprint density at radius 3 is 2.65 bits per heavy atom. The van der Waals surface area contributed by atoms with E-state index in [1.807, 2.05) is 6.92 Å². The maximum Gasteiger partial charge on any atom is 0.160 e. The van der Waals surface area contributed by atoms with E-state index in [9.17, 15) is 9.18 Å². The largest absolute Gasteiger partial charge is 0.378 e. The molecule has 2 nitrogen and oxygen atoms in total. The molecule has 3 atom stereocenters. The van der Waals surface area contributed by atoms with Crippen molar-refractivity contribution in [3.05, 3.63) is 35.6 Å². The summed E-state index contributed by atoms with van der Waals surface area (Å²) in [6, 6.07) is 5.72. The van der Waals surface area contributed by atoms with Crippen LogP contribution in [0.25, 0.3) is 0 Å². The lowest BCUT2D eigenvalue weighted by atomic mass is 9.92. The molecule has 1 aliphatic rings. The van der Waals surface area contributed by atoms with Crippen LogP contribution in [0.3, 0.4) is 0 Å². The number of alkyl halides is 1. The molecule has 0 amide bonds. The molecule has 2 rings (SSSR count). The summed E-state index contributed by atoms with van der Waals surface area (Å²) in [6.07, 6.45) is 0.633. The second-order valence-corrected chi connectivity index (χ2v) is 4.72. The summed E-state index contributed by atoms with van der Waals surface area (Å²) < 4.78 is 18.1. The Hall–Kier alpha value is -0.930. The second-order valence-electron chi connectivity index (χ2n) is 4.29. The van der Waals surface area contributed by atoms with Crippen LogP contribution >= 0.6 is 11.6 Å². The van der Waals surface area contributed by atoms with E-state index in [-0.39, 0.29) is 23.6 Å². The van der Waals surface area contributed by atoms with Gasteiger partial charge in [-0.25, -0.2) is 4.39 Å². The summed E-state index contributed by atoms with van der Waals surface area (Å²) in [5, 5.41) is -0.718. The van der Waals surface area contributed by atoms with Gasteiger partial charge >= 0.3 is 0 Å². The van der Waals surface area contributed by atoms with Crippen LogP contribution in [-0.2, 0) is 9.53 Å². The summed E-state index contributed by atoms with van der Waals surface area (Å²) >= 11 is 6.13. The van der Waals surface area contributed by atoms with Crippen molar-refractivity contribution in [2.45, 2.75) is 24.8 Å². The first-order valence-corrected chi connectivity index (χ1v) is 6.08. The maximum atomic E-state index is 12.8. The number of rotatable bonds is 3. The van der Waals surface area contributed by atoms with E-state index in [0.717, 1.165) is 0 Å². The number of carbonyl (C=O) groups is 1. The molecular weight excluding hydrogens is 243 g/mol. The second kappa shape index (κ2) is 5.15. The van der Waals surface area contributed by atoms with Crippen LogP contribution in [0.2, 0.25) is 0 Å². The molecule has 0 aromatic heterocycles. The van der Waals surface area contributed by atoms with Crippen LogP contribution in [0.5, 0.6) is 0 Å². The van der Waals surface area contributed by atoms with Crippen molar-refractivity contribution >= 4 is 17.4 Å². The van der Waals surface area contributed by atoms with Crippen molar-refractivity contribution in [2.24, 2.45) is 5.92 Å². The first-order valence-electron chi connectivity index (χ1n) is 5.64. The fourth-order valence-corrected chi connectivity index (χ4v) is 2.40. The zero-order valence-electron chi connectivity index (χ0n) is 9.53. The fourth-order valence-electron chi connectivity index (χ4n) is 2.09. The molecule has 1 aromatic carbocycles. The van der Waals surface area contributed by atoms with Crippen molar-refractivity contribution in [2.75, 3.05) is 6.61 Å². The van der Waals surface area contributed by atoms with E-state index >= 15 is 0 Å². The average Bonchev–Trinajstić information content (AvgIpc) is 2.74. The zero-order chi connectivity index (χ0) is 12.4. The molecule has 3 unspecified atom stereocenters. The molecule has 1 heterocycles. The number of carbonyl (C=O) groups excluding carboxylic acids is 1. The quantitative estimate of drug-likeness (QED) is 0.777. The van der Waals surface area contributed by atoms with Gasteiger partial charge in [0, 0.05) is 12.5 Å². The Morgan fingerprint density at radius 2 is 2.12 bits per heavy atom. The van der Waals surface area contributed by atoms with Gasteiger partial charge in [-0.2, -0.15) is 0 Å². The van der Waals surface area contributed by atoms with Gasteiger partial charge in [-0.15, -0.1) is 11.6 Å². The number of hydrogen-bond acceptors (Lipinski definition) is 2. The minimum Gasteiger partial charge on any atom is -0.378 e. The Labute approximate surface area is 105 Å². The van der Waals surface area contributed by atoms with Crippen LogP contribution in [0.1, 0.15) is 24.3 Å². The monoisotopic (exact) mass is 256 g/mol. The van der Waals surface area contributed by atoms with Crippen LogP contribution < -0.4 is 0 Å². The summed E-state index contributed by atoms with van der Waals surface area (Å²) in [5.41, 5.74) is 0.636. The Balaban J connectivity index is 2.11. The van der Waals surface area contributed by atoms with Crippen molar-refractivity contribution in [3.8, 4) is 0 Å². The van der Waals surface area contributed by atoms with Gasteiger partial charge in [-0.05, 0) is 31.0 Å². The van der Waals surface area contributed by atoms with E-state index < -0.39 is 5.38 Å². The Bertz CT molecular complexity index is 404. The highest BCUT2D eigenvalue weighted by atomic mass is 35.5. The molecule has 0 bridgehead atoms. The van der Waals surface area contributed by atoms with Crippen LogP contribution in [0.4, 0.5) is 4.39 Å². The molecule has 0 N–H and O–H groups in total. The fraction of sp³-hybridized carbons (Fsp3) is 0.462. The van der Waals surface area contributed by atoms with Gasteiger partial charge in [0.2, 0.25) is 0 Å².